The van der Waals surface area contributed by atoms with Crippen molar-refractivity contribution < 1.29 is 32.2 Å². The Morgan fingerprint density at radius 1 is 0.900 bits per heavy atom. The smallest absolute Gasteiger partial charge is 0.406 e. The number of alkyl halides is 3. The standard InChI is InChI=1S/C30H30F3N3O4/c1-34(2)27-9-4-3-8-26(27)21-6-5-7-22(15-21)29(38)36-18-24-16-35(17-25(19-36)39-24)28(37)14-20-10-12-23(13-11-20)40-30(31,32)33/h3-13,15,24-25H,14,16-19H2,1-2H3. The second-order valence-electron chi connectivity index (χ2n) is 10.2. The van der Waals surface area contributed by atoms with E-state index in [9.17, 15) is 22.8 Å². The summed E-state index contributed by atoms with van der Waals surface area (Å²) in [5, 5.41) is 0. The largest absolute Gasteiger partial charge is 0.573 e. The van der Waals surface area contributed by atoms with Crippen molar-refractivity contribution in [1.29, 1.82) is 0 Å². The van der Waals surface area contributed by atoms with Gasteiger partial charge in [0, 0.05) is 57.1 Å². The van der Waals surface area contributed by atoms with Gasteiger partial charge >= 0.3 is 6.36 Å². The van der Waals surface area contributed by atoms with Crippen LogP contribution < -0.4 is 9.64 Å². The third-order valence-corrected chi connectivity index (χ3v) is 7.04. The summed E-state index contributed by atoms with van der Waals surface area (Å²) in [4.78, 5) is 32.0. The van der Waals surface area contributed by atoms with Crippen LogP contribution in [0.3, 0.4) is 0 Å². The predicted molar refractivity (Wildman–Crippen MR) is 144 cm³/mol. The molecular formula is C30H30F3N3O4. The first-order valence-corrected chi connectivity index (χ1v) is 13.0. The third-order valence-electron chi connectivity index (χ3n) is 7.04. The predicted octanol–water partition coefficient (Wildman–Crippen LogP) is 4.61. The van der Waals surface area contributed by atoms with Crippen molar-refractivity contribution >= 4 is 17.5 Å². The van der Waals surface area contributed by atoms with E-state index in [-0.39, 0.29) is 36.2 Å². The minimum absolute atomic E-state index is 0.0512. The van der Waals surface area contributed by atoms with Gasteiger partial charge in [-0.05, 0) is 41.5 Å². The molecule has 2 saturated heterocycles. The summed E-state index contributed by atoms with van der Waals surface area (Å²) in [5.74, 6) is -0.556. The van der Waals surface area contributed by atoms with Gasteiger partial charge < -0.3 is 24.2 Å². The summed E-state index contributed by atoms with van der Waals surface area (Å²) < 4.78 is 47.1. The zero-order valence-corrected chi connectivity index (χ0v) is 22.2. The second-order valence-corrected chi connectivity index (χ2v) is 10.2. The Kier molecular flexibility index (Phi) is 7.71. The summed E-state index contributed by atoms with van der Waals surface area (Å²) in [7, 11) is 3.97. The Morgan fingerprint density at radius 3 is 2.20 bits per heavy atom. The third kappa shape index (κ3) is 6.39. The zero-order chi connectivity index (χ0) is 28.4. The molecule has 0 saturated carbocycles. The van der Waals surface area contributed by atoms with Crippen molar-refractivity contribution in [2.24, 2.45) is 0 Å². The van der Waals surface area contributed by atoms with E-state index in [1.807, 2.05) is 67.5 Å². The van der Waals surface area contributed by atoms with Gasteiger partial charge in [0.15, 0.2) is 0 Å². The molecule has 210 valence electrons. The first-order valence-electron chi connectivity index (χ1n) is 13.0. The average Bonchev–Trinajstić information content (AvgIpc) is 2.92. The molecule has 2 bridgehead atoms. The Balaban J connectivity index is 1.21. The molecule has 0 radical (unpaired) electrons. The van der Waals surface area contributed by atoms with Crippen LogP contribution in [0, 0.1) is 0 Å². The maximum absolute atomic E-state index is 13.5. The number of carbonyl (C=O) groups is 2. The molecule has 0 spiro atoms. The van der Waals surface area contributed by atoms with Crippen LogP contribution in [-0.2, 0) is 16.0 Å². The van der Waals surface area contributed by atoms with Crippen LogP contribution in [0.15, 0.2) is 72.8 Å². The fraction of sp³-hybridized carbons (Fsp3) is 0.333. The fourth-order valence-electron chi connectivity index (χ4n) is 5.27. The van der Waals surface area contributed by atoms with E-state index < -0.39 is 6.36 Å². The molecule has 10 heteroatoms. The van der Waals surface area contributed by atoms with Crippen LogP contribution in [0.2, 0.25) is 0 Å². The molecule has 2 fully saturated rings. The van der Waals surface area contributed by atoms with Crippen molar-refractivity contribution in [2.45, 2.75) is 25.0 Å². The molecule has 2 atom stereocenters. The van der Waals surface area contributed by atoms with Gasteiger partial charge in [-0.2, -0.15) is 0 Å². The molecule has 2 unspecified atom stereocenters. The Labute approximate surface area is 230 Å². The van der Waals surface area contributed by atoms with Crippen molar-refractivity contribution in [1.82, 2.24) is 9.80 Å². The van der Waals surface area contributed by atoms with Crippen LogP contribution >= 0.6 is 0 Å². The lowest BCUT2D eigenvalue weighted by Gasteiger charge is -2.45. The van der Waals surface area contributed by atoms with Gasteiger partial charge in [-0.15, -0.1) is 13.2 Å². The molecule has 0 aliphatic carbocycles. The molecule has 3 aromatic rings. The number of hydrogen-bond donors (Lipinski definition) is 0. The normalized spacial score (nSPS) is 18.8. The number of rotatable bonds is 6. The molecule has 40 heavy (non-hydrogen) atoms. The highest BCUT2D eigenvalue weighted by Crippen LogP contribution is 2.31. The highest BCUT2D eigenvalue weighted by atomic mass is 19.4. The summed E-state index contributed by atoms with van der Waals surface area (Å²) in [5.41, 5.74) is 4.24. The minimum atomic E-state index is -4.77. The van der Waals surface area contributed by atoms with E-state index in [2.05, 4.69) is 4.74 Å². The van der Waals surface area contributed by atoms with Crippen molar-refractivity contribution in [3.8, 4) is 16.9 Å². The molecule has 2 heterocycles. The zero-order valence-electron chi connectivity index (χ0n) is 22.2. The van der Waals surface area contributed by atoms with Crippen LogP contribution in [0.4, 0.5) is 18.9 Å². The number of ether oxygens (including phenoxy) is 2. The molecule has 0 N–H and O–H groups in total. The van der Waals surface area contributed by atoms with E-state index in [0.29, 0.717) is 37.3 Å². The lowest BCUT2D eigenvalue weighted by Crippen LogP contribution is -2.61. The summed E-state index contributed by atoms with van der Waals surface area (Å²) in [6.45, 7) is 1.40. The number of amides is 2. The van der Waals surface area contributed by atoms with Gasteiger partial charge in [-0.1, -0.05) is 42.5 Å². The van der Waals surface area contributed by atoms with E-state index >= 15 is 0 Å². The number of anilines is 1. The number of morpholine rings is 2. The van der Waals surface area contributed by atoms with Gasteiger partial charge in [0.2, 0.25) is 5.91 Å². The Bertz CT molecular complexity index is 1360. The van der Waals surface area contributed by atoms with Crippen LogP contribution in [-0.4, -0.2) is 80.5 Å². The van der Waals surface area contributed by atoms with Crippen LogP contribution in [0.5, 0.6) is 5.75 Å². The fourth-order valence-corrected chi connectivity index (χ4v) is 5.27. The Morgan fingerprint density at radius 2 is 1.55 bits per heavy atom. The number of para-hydroxylation sites is 1. The van der Waals surface area contributed by atoms with Crippen LogP contribution in [0.1, 0.15) is 15.9 Å². The number of carbonyl (C=O) groups excluding carboxylic acids is 2. The topological polar surface area (TPSA) is 62.3 Å². The van der Waals surface area contributed by atoms with Crippen molar-refractivity contribution in [2.75, 3.05) is 45.2 Å². The van der Waals surface area contributed by atoms with E-state index in [1.54, 1.807) is 9.80 Å². The summed E-state index contributed by atoms with van der Waals surface area (Å²) >= 11 is 0. The van der Waals surface area contributed by atoms with Gasteiger partial charge in [0.25, 0.3) is 5.91 Å². The SMILES string of the molecule is CN(C)c1ccccc1-c1cccc(C(=O)N2CC3CN(C(=O)Cc4ccc(OC(F)(F)F)cc4)CC(C2)O3)c1. The number of fused-ring (bicyclic) bond motifs is 2. The number of nitrogens with zero attached hydrogens (tertiary/aromatic N) is 3. The van der Waals surface area contributed by atoms with Gasteiger partial charge in [-0.25, -0.2) is 0 Å². The quantitative estimate of drug-likeness (QED) is 0.446. The van der Waals surface area contributed by atoms with Crippen molar-refractivity contribution in [3.63, 3.8) is 0 Å². The lowest BCUT2D eigenvalue weighted by molar-refractivity contribution is -0.274. The molecule has 3 aromatic carbocycles. The lowest BCUT2D eigenvalue weighted by atomic mass is 10.00. The number of halogens is 3. The van der Waals surface area contributed by atoms with Gasteiger partial charge in [0.1, 0.15) is 5.75 Å². The second kappa shape index (κ2) is 11.2. The minimum Gasteiger partial charge on any atom is -0.406 e. The number of hydrogen-bond acceptors (Lipinski definition) is 5. The summed E-state index contributed by atoms with van der Waals surface area (Å²) in [6, 6.07) is 20.9. The molecule has 5 rings (SSSR count). The maximum atomic E-state index is 13.5. The molecule has 0 aromatic heterocycles. The van der Waals surface area contributed by atoms with Crippen LogP contribution in [0.25, 0.3) is 11.1 Å². The monoisotopic (exact) mass is 553 g/mol. The maximum Gasteiger partial charge on any atom is 0.573 e. The molecule has 2 aliphatic heterocycles. The van der Waals surface area contributed by atoms with E-state index in [4.69, 9.17) is 4.74 Å². The van der Waals surface area contributed by atoms with Crippen molar-refractivity contribution in [3.05, 3.63) is 83.9 Å². The van der Waals surface area contributed by atoms with E-state index in [0.717, 1.165) is 16.8 Å². The van der Waals surface area contributed by atoms with E-state index in [1.165, 1.54) is 24.3 Å². The number of benzene rings is 3. The highest BCUT2D eigenvalue weighted by Gasteiger charge is 2.38. The molecule has 2 aliphatic rings. The molecule has 2 amide bonds. The Hall–Kier alpha value is -4.05. The molecule has 7 nitrogen and oxygen atoms in total. The highest BCUT2D eigenvalue weighted by molar-refractivity contribution is 5.96. The average molecular weight is 554 g/mol. The van der Waals surface area contributed by atoms with Gasteiger partial charge in [-0.3, -0.25) is 9.59 Å². The first-order chi connectivity index (χ1) is 19.1. The first kappa shape index (κ1) is 27.5. The summed E-state index contributed by atoms with van der Waals surface area (Å²) in [6.07, 6.45) is -5.35. The molecular weight excluding hydrogens is 523 g/mol. The van der Waals surface area contributed by atoms with Gasteiger partial charge in [0.05, 0.1) is 18.6 Å².